The molecule has 1 aliphatic heterocycles. The average molecular weight is 310 g/mol. The minimum atomic E-state index is -0.0890. The number of carbonyl (C=O) groups excluding carboxylic acids is 1. The van der Waals surface area contributed by atoms with Gasteiger partial charge < -0.3 is 19.6 Å². The Balaban J connectivity index is 1.67. The zero-order chi connectivity index (χ0) is 15.8. The van der Waals surface area contributed by atoms with Crippen molar-refractivity contribution in [3.63, 3.8) is 0 Å². The van der Waals surface area contributed by atoms with Gasteiger partial charge in [-0.2, -0.15) is 0 Å². The molecule has 1 amide bonds. The van der Waals surface area contributed by atoms with E-state index in [1.54, 1.807) is 19.5 Å². The summed E-state index contributed by atoms with van der Waals surface area (Å²) in [5.41, 5.74) is 1.56. The fourth-order valence-electron chi connectivity index (χ4n) is 3.25. The number of aromatic nitrogens is 3. The largest absolute Gasteiger partial charge is 0.380 e. The first-order chi connectivity index (χ1) is 11.3. The summed E-state index contributed by atoms with van der Waals surface area (Å²) in [7, 11) is 1.68. The van der Waals surface area contributed by atoms with Crippen LogP contribution in [0.3, 0.4) is 0 Å². The first kappa shape index (κ1) is 14.0. The molecule has 23 heavy (non-hydrogen) atoms. The molecular formula is C17H18N4O2. The van der Waals surface area contributed by atoms with E-state index < -0.39 is 0 Å². The lowest BCUT2D eigenvalue weighted by Crippen LogP contribution is -2.32. The van der Waals surface area contributed by atoms with Gasteiger partial charge in [-0.25, -0.2) is 4.98 Å². The lowest BCUT2D eigenvalue weighted by molar-refractivity contribution is 0.0680. The molecule has 0 spiro atoms. The molecule has 3 heterocycles. The molecule has 1 aliphatic rings. The highest BCUT2D eigenvalue weighted by Crippen LogP contribution is 2.33. The van der Waals surface area contributed by atoms with Crippen molar-refractivity contribution in [1.29, 1.82) is 0 Å². The summed E-state index contributed by atoms with van der Waals surface area (Å²) >= 11 is 0. The van der Waals surface area contributed by atoms with E-state index in [-0.39, 0.29) is 18.1 Å². The van der Waals surface area contributed by atoms with Crippen LogP contribution in [0, 0.1) is 0 Å². The molecule has 0 aliphatic carbocycles. The molecule has 0 saturated carbocycles. The van der Waals surface area contributed by atoms with Crippen LogP contribution in [0.2, 0.25) is 0 Å². The van der Waals surface area contributed by atoms with Gasteiger partial charge in [-0.15, -0.1) is 0 Å². The van der Waals surface area contributed by atoms with Crippen LogP contribution in [-0.2, 0) is 4.74 Å². The minimum Gasteiger partial charge on any atom is -0.380 e. The van der Waals surface area contributed by atoms with Crippen LogP contribution in [0.25, 0.3) is 10.9 Å². The van der Waals surface area contributed by atoms with E-state index in [2.05, 4.69) is 15.0 Å². The molecule has 1 aromatic carbocycles. The Labute approximate surface area is 133 Å². The number of fused-ring (bicyclic) bond motifs is 1. The number of aromatic amines is 2. The third-order valence-corrected chi connectivity index (χ3v) is 4.45. The van der Waals surface area contributed by atoms with Gasteiger partial charge in [-0.1, -0.05) is 18.2 Å². The van der Waals surface area contributed by atoms with Crippen molar-refractivity contribution in [3.05, 3.63) is 54.2 Å². The van der Waals surface area contributed by atoms with Crippen molar-refractivity contribution in [2.75, 3.05) is 13.7 Å². The summed E-state index contributed by atoms with van der Waals surface area (Å²) in [5, 5.41) is 1.04. The standard InChI is InChI=1S/C17H18N4O2/c1-23-12-9-15(16-18-6-7-19-16)21(10-12)17(22)14-8-11-4-2-3-5-13(11)20-14/h2-8,12,15,20H,9-10H2,1H3,(H,18,19)/t12-,15+/m1/s1. The number of amides is 1. The first-order valence-electron chi connectivity index (χ1n) is 7.67. The Morgan fingerprint density at radius 2 is 2.26 bits per heavy atom. The van der Waals surface area contributed by atoms with Gasteiger partial charge in [0.1, 0.15) is 11.5 Å². The Bertz CT molecular complexity index is 791. The molecule has 4 rings (SSSR count). The van der Waals surface area contributed by atoms with Gasteiger partial charge >= 0.3 is 0 Å². The number of para-hydroxylation sites is 1. The van der Waals surface area contributed by atoms with Crippen LogP contribution >= 0.6 is 0 Å². The van der Waals surface area contributed by atoms with Gasteiger partial charge in [0, 0.05) is 43.4 Å². The molecule has 118 valence electrons. The molecule has 0 unspecified atom stereocenters. The number of methoxy groups -OCH3 is 1. The number of likely N-dealkylation sites (tertiary alicyclic amines) is 1. The van der Waals surface area contributed by atoms with Crippen LogP contribution in [0.5, 0.6) is 0 Å². The summed E-state index contributed by atoms with van der Waals surface area (Å²) < 4.78 is 5.47. The summed E-state index contributed by atoms with van der Waals surface area (Å²) in [5.74, 6) is 0.774. The average Bonchev–Trinajstić information content (AvgIpc) is 3.30. The highest BCUT2D eigenvalue weighted by atomic mass is 16.5. The molecule has 2 aromatic heterocycles. The zero-order valence-electron chi connectivity index (χ0n) is 12.8. The summed E-state index contributed by atoms with van der Waals surface area (Å²) in [6.45, 7) is 0.566. The highest BCUT2D eigenvalue weighted by Gasteiger charge is 2.38. The molecule has 1 saturated heterocycles. The SMILES string of the molecule is CO[C@@H]1C[C@@H](c2ncc[nH]2)N(C(=O)c2cc3ccccc3[nH]2)C1. The predicted octanol–water partition coefficient (Wildman–Crippen LogP) is 2.49. The zero-order valence-corrected chi connectivity index (χ0v) is 12.8. The van der Waals surface area contributed by atoms with Crippen molar-refractivity contribution in [3.8, 4) is 0 Å². The van der Waals surface area contributed by atoms with Crippen LogP contribution < -0.4 is 0 Å². The Kier molecular flexibility index (Phi) is 3.38. The van der Waals surface area contributed by atoms with E-state index in [9.17, 15) is 4.79 Å². The van der Waals surface area contributed by atoms with Crippen molar-refractivity contribution in [1.82, 2.24) is 19.9 Å². The Morgan fingerprint density at radius 1 is 1.39 bits per heavy atom. The highest BCUT2D eigenvalue weighted by molar-refractivity contribution is 5.98. The number of benzene rings is 1. The van der Waals surface area contributed by atoms with Crippen molar-refractivity contribution in [2.24, 2.45) is 0 Å². The first-order valence-corrected chi connectivity index (χ1v) is 7.67. The lowest BCUT2D eigenvalue weighted by Gasteiger charge is -2.22. The predicted molar refractivity (Wildman–Crippen MR) is 86.1 cm³/mol. The number of ether oxygens (including phenoxy) is 1. The van der Waals surface area contributed by atoms with Crippen LogP contribution in [0.4, 0.5) is 0 Å². The molecule has 3 aromatic rings. The van der Waals surface area contributed by atoms with Gasteiger partial charge in [0.05, 0.1) is 12.1 Å². The van der Waals surface area contributed by atoms with Crippen LogP contribution in [0.15, 0.2) is 42.7 Å². The quantitative estimate of drug-likeness (QED) is 0.780. The second kappa shape index (κ2) is 5.55. The molecule has 1 fully saturated rings. The van der Waals surface area contributed by atoms with E-state index in [0.717, 1.165) is 23.1 Å². The number of nitrogens with zero attached hydrogens (tertiary/aromatic N) is 2. The Morgan fingerprint density at radius 3 is 3.00 bits per heavy atom. The van der Waals surface area contributed by atoms with Crippen LogP contribution in [0.1, 0.15) is 28.8 Å². The summed E-state index contributed by atoms with van der Waals surface area (Å²) in [6.07, 6.45) is 4.26. The third kappa shape index (κ3) is 2.41. The topological polar surface area (TPSA) is 74.0 Å². The van der Waals surface area contributed by atoms with Gasteiger partial charge in [0.2, 0.25) is 0 Å². The molecule has 0 bridgehead atoms. The molecular weight excluding hydrogens is 292 g/mol. The third-order valence-electron chi connectivity index (χ3n) is 4.45. The van der Waals surface area contributed by atoms with Crippen molar-refractivity contribution < 1.29 is 9.53 Å². The fourth-order valence-corrected chi connectivity index (χ4v) is 3.25. The second-order valence-corrected chi connectivity index (χ2v) is 5.81. The van der Waals surface area contributed by atoms with E-state index in [0.29, 0.717) is 12.2 Å². The second-order valence-electron chi connectivity index (χ2n) is 5.81. The van der Waals surface area contributed by atoms with Gasteiger partial charge in [0.15, 0.2) is 0 Å². The number of rotatable bonds is 3. The van der Waals surface area contributed by atoms with Gasteiger partial charge in [-0.05, 0) is 12.1 Å². The van der Waals surface area contributed by atoms with Gasteiger partial charge in [-0.3, -0.25) is 4.79 Å². The molecule has 2 atom stereocenters. The lowest BCUT2D eigenvalue weighted by atomic mass is 10.2. The maximum Gasteiger partial charge on any atom is 0.271 e. The van der Waals surface area contributed by atoms with Crippen molar-refractivity contribution in [2.45, 2.75) is 18.6 Å². The van der Waals surface area contributed by atoms with Crippen LogP contribution in [-0.4, -0.2) is 45.5 Å². The van der Waals surface area contributed by atoms with Crippen molar-refractivity contribution >= 4 is 16.8 Å². The fraction of sp³-hybridized carbons (Fsp3) is 0.294. The monoisotopic (exact) mass is 310 g/mol. The molecule has 0 radical (unpaired) electrons. The molecule has 6 heteroatoms. The molecule has 6 nitrogen and oxygen atoms in total. The minimum absolute atomic E-state index is 0.0258. The molecule has 2 N–H and O–H groups in total. The van der Waals surface area contributed by atoms with E-state index in [4.69, 9.17) is 4.74 Å². The normalized spacial score (nSPS) is 21.2. The number of carbonyl (C=O) groups is 1. The maximum atomic E-state index is 13.0. The number of nitrogens with one attached hydrogen (secondary N) is 2. The smallest absolute Gasteiger partial charge is 0.271 e. The van der Waals surface area contributed by atoms with E-state index >= 15 is 0 Å². The number of imidazole rings is 1. The summed E-state index contributed by atoms with van der Waals surface area (Å²) in [4.78, 5) is 25.5. The Hall–Kier alpha value is -2.60. The number of hydrogen-bond acceptors (Lipinski definition) is 3. The number of hydrogen-bond donors (Lipinski definition) is 2. The van der Waals surface area contributed by atoms with Gasteiger partial charge in [0.25, 0.3) is 5.91 Å². The van der Waals surface area contributed by atoms with E-state index in [1.165, 1.54) is 0 Å². The summed E-state index contributed by atoms with van der Waals surface area (Å²) in [6, 6.07) is 9.69. The maximum absolute atomic E-state index is 13.0. The van der Waals surface area contributed by atoms with E-state index in [1.807, 2.05) is 35.2 Å². The number of H-pyrrole nitrogens is 2.